The van der Waals surface area contributed by atoms with Crippen molar-refractivity contribution < 1.29 is 18.3 Å². The van der Waals surface area contributed by atoms with E-state index in [1.54, 1.807) is 11.4 Å². The Bertz CT molecular complexity index is 497. The second kappa shape index (κ2) is 5.21. The minimum Gasteiger partial charge on any atom is -0.387 e. The van der Waals surface area contributed by atoms with E-state index in [-0.39, 0.29) is 11.7 Å². The first kappa shape index (κ1) is 13.2. The summed E-state index contributed by atoms with van der Waals surface area (Å²) >= 11 is 1.85. The third kappa shape index (κ3) is 3.18. The molecule has 2 rings (SSSR count). The smallest absolute Gasteiger partial charge is 0.387 e. The number of aliphatic hydroxyl groups is 1. The molecule has 0 spiro atoms. The summed E-state index contributed by atoms with van der Waals surface area (Å²) in [4.78, 5) is 0. The van der Waals surface area contributed by atoms with Gasteiger partial charge < -0.3 is 10.4 Å². The van der Waals surface area contributed by atoms with Crippen LogP contribution in [0.4, 0.5) is 18.3 Å². The zero-order chi connectivity index (χ0) is 13.2. The molecule has 0 saturated heterocycles. The van der Waals surface area contributed by atoms with Gasteiger partial charge in [-0.2, -0.15) is 24.5 Å². The molecule has 0 saturated carbocycles. The number of rotatable bonds is 4. The Hall–Kier alpha value is -1.19. The highest BCUT2D eigenvalue weighted by atomic mass is 32.1. The predicted molar refractivity (Wildman–Crippen MR) is 62.7 cm³/mol. The van der Waals surface area contributed by atoms with Crippen molar-refractivity contribution in [1.29, 1.82) is 0 Å². The van der Waals surface area contributed by atoms with Gasteiger partial charge in [-0.05, 0) is 22.4 Å². The highest BCUT2D eigenvalue weighted by Crippen LogP contribution is 2.33. The summed E-state index contributed by atoms with van der Waals surface area (Å²) in [5, 5.41) is 21.4. The molecule has 2 aromatic heterocycles. The van der Waals surface area contributed by atoms with Crippen molar-refractivity contribution >= 4 is 27.8 Å². The molecule has 2 heterocycles. The van der Waals surface area contributed by atoms with E-state index in [4.69, 9.17) is 0 Å². The maximum atomic E-state index is 12.3. The third-order valence-corrected chi connectivity index (χ3v) is 3.67. The molecule has 18 heavy (non-hydrogen) atoms. The fourth-order valence-electron chi connectivity index (χ4n) is 1.18. The molecule has 1 atom stereocenters. The second-order valence-electron chi connectivity index (χ2n) is 3.36. The first-order valence-electron chi connectivity index (χ1n) is 4.81. The van der Waals surface area contributed by atoms with Crippen LogP contribution in [-0.2, 0) is 6.18 Å². The summed E-state index contributed by atoms with van der Waals surface area (Å²) in [6.45, 7) is 0.0865. The average molecular weight is 295 g/mol. The van der Waals surface area contributed by atoms with E-state index in [0.29, 0.717) is 16.9 Å². The maximum Gasteiger partial charge on any atom is 0.445 e. The van der Waals surface area contributed by atoms with Crippen LogP contribution in [0.5, 0.6) is 0 Å². The molecule has 4 nitrogen and oxygen atoms in total. The Morgan fingerprint density at radius 1 is 1.39 bits per heavy atom. The quantitative estimate of drug-likeness (QED) is 0.910. The molecule has 0 radical (unpaired) electrons. The Balaban J connectivity index is 1.93. The van der Waals surface area contributed by atoms with Crippen LogP contribution in [-0.4, -0.2) is 21.8 Å². The van der Waals surface area contributed by atoms with Gasteiger partial charge in [-0.25, -0.2) is 0 Å². The zero-order valence-corrected chi connectivity index (χ0v) is 10.4. The molecule has 1 unspecified atom stereocenters. The van der Waals surface area contributed by atoms with Crippen molar-refractivity contribution in [3.8, 4) is 0 Å². The number of nitrogens with zero attached hydrogens (tertiary/aromatic N) is 2. The van der Waals surface area contributed by atoms with Gasteiger partial charge in [-0.3, -0.25) is 0 Å². The largest absolute Gasteiger partial charge is 0.445 e. The van der Waals surface area contributed by atoms with Crippen LogP contribution in [0.1, 0.15) is 16.7 Å². The van der Waals surface area contributed by atoms with E-state index in [2.05, 4.69) is 15.5 Å². The SMILES string of the molecule is OC(CNc1nnc(C(F)(F)F)s1)c1ccsc1. The van der Waals surface area contributed by atoms with Crippen molar-refractivity contribution in [3.05, 3.63) is 27.4 Å². The van der Waals surface area contributed by atoms with Crippen LogP contribution in [0.2, 0.25) is 0 Å². The van der Waals surface area contributed by atoms with Gasteiger partial charge in [0, 0.05) is 6.54 Å². The second-order valence-corrected chi connectivity index (χ2v) is 5.12. The Labute approximate surface area is 108 Å². The molecule has 0 amide bonds. The summed E-state index contributed by atoms with van der Waals surface area (Å²) < 4.78 is 36.8. The highest BCUT2D eigenvalue weighted by molar-refractivity contribution is 7.15. The summed E-state index contributed by atoms with van der Waals surface area (Å²) in [5.74, 6) is 0. The Kier molecular flexibility index (Phi) is 3.83. The molecule has 9 heteroatoms. The van der Waals surface area contributed by atoms with Crippen molar-refractivity contribution in [2.45, 2.75) is 12.3 Å². The number of hydrogen-bond donors (Lipinski definition) is 2. The van der Waals surface area contributed by atoms with E-state index in [1.807, 2.05) is 5.38 Å². The van der Waals surface area contributed by atoms with Crippen molar-refractivity contribution in [2.24, 2.45) is 0 Å². The van der Waals surface area contributed by atoms with Crippen LogP contribution in [0.25, 0.3) is 0 Å². The van der Waals surface area contributed by atoms with Crippen molar-refractivity contribution in [2.75, 3.05) is 11.9 Å². The minimum atomic E-state index is -4.48. The standard InChI is InChI=1S/C9H8F3N3OS2/c10-9(11,12)7-14-15-8(18-7)13-3-6(16)5-1-2-17-4-5/h1-2,4,6,16H,3H2,(H,13,15). The lowest BCUT2D eigenvalue weighted by Crippen LogP contribution is -2.11. The van der Waals surface area contributed by atoms with Gasteiger partial charge in [-0.1, -0.05) is 11.3 Å². The van der Waals surface area contributed by atoms with Crippen LogP contribution >= 0.6 is 22.7 Å². The molecule has 0 fully saturated rings. The summed E-state index contributed by atoms with van der Waals surface area (Å²) in [6, 6.07) is 1.75. The topological polar surface area (TPSA) is 58.0 Å². The number of aliphatic hydroxyl groups excluding tert-OH is 1. The fourth-order valence-corrected chi connectivity index (χ4v) is 2.50. The van der Waals surface area contributed by atoms with Gasteiger partial charge in [0.15, 0.2) is 0 Å². The van der Waals surface area contributed by atoms with E-state index in [0.717, 1.165) is 0 Å². The van der Waals surface area contributed by atoms with E-state index < -0.39 is 17.3 Å². The molecular formula is C9H8F3N3OS2. The van der Waals surface area contributed by atoms with Crippen LogP contribution in [0, 0.1) is 0 Å². The number of thiophene rings is 1. The van der Waals surface area contributed by atoms with Gasteiger partial charge in [0.05, 0.1) is 6.10 Å². The molecule has 2 N–H and O–H groups in total. The maximum absolute atomic E-state index is 12.3. The molecule has 98 valence electrons. The molecular weight excluding hydrogens is 287 g/mol. The van der Waals surface area contributed by atoms with Gasteiger partial charge in [-0.15, -0.1) is 10.2 Å². The normalized spacial score (nSPS) is 13.6. The van der Waals surface area contributed by atoms with E-state index >= 15 is 0 Å². The molecule has 0 aliphatic heterocycles. The minimum absolute atomic E-state index is 0.0385. The number of nitrogens with one attached hydrogen (secondary N) is 1. The first-order valence-corrected chi connectivity index (χ1v) is 6.57. The van der Waals surface area contributed by atoms with Gasteiger partial charge in [0.25, 0.3) is 0 Å². The van der Waals surface area contributed by atoms with Crippen LogP contribution < -0.4 is 5.32 Å². The number of halogens is 3. The van der Waals surface area contributed by atoms with Crippen LogP contribution in [0.15, 0.2) is 16.8 Å². The first-order chi connectivity index (χ1) is 8.47. The Morgan fingerprint density at radius 2 is 2.17 bits per heavy atom. The van der Waals surface area contributed by atoms with Crippen LogP contribution in [0.3, 0.4) is 0 Å². The monoisotopic (exact) mass is 295 g/mol. The zero-order valence-electron chi connectivity index (χ0n) is 8.81. The average Bonchev–Trinajstić information content (AvgIpc) is 2.96. The van der Waals surface area contributed by atoms with E-state index in [1.165, 1.54) is 11.3 Å². The number of alkyl halides is 3. The fraction of sp³-hybridized carbons (Fsp3) is 0.333. The molecule has 0 bridgehead atoms. The van der Waals surface area contributed by atoms with Gasteiger partial charge in [0.1, 0.15) is 0 Å². The number of anilines is 1. The van der Waals surface area contributed by atoms with Gasteiger partial charge in [0.2, 0.25) is 10.1 Å². The van der Waals surface area contributed by atoms with Crippen molar-refractivity contribution in [3.63, 3.8) is 0 Å². The van der Waals surface area contributed by atoms with Crippen molar-refractivity contribution in [1.82, 2.24) is 10.2 Å². The molecule has 0 aliphatic carbocycles. The highest BCUT2D eigenvalue weighted by Gasteiger charge is 2.35. The summed E-state index contributed by atoms with van der Waals surface area (Å²) in [7, 11) is 0. The molecule has 2 aromatic rings. The summed E-state index contributed by atoms with van der Waals surface area (Å²) in [5.41, 5.74) is 0.716. The molecule has 0 aromatic carbocycles. The lowest BCUT2D eigenvalue weighted by Gasteiger charge is -2.08. The lowest BCUT2D eigenvalue weighted by atomic mass is 10.2. The van der Waals surface area contributed by atoms with E-state index in [9.17, 15) is 18.3 Å². The predicted octanol–water partition coefficient (Wildman–Crippen LogP) is 2.76. The molecule has 0 aliphatic rings. The summed E-state index contributed by atoms with van der Waals surface area (Å²) in [6.07, 6.45) is -5.27. The lowest BCUT2D eigenvalue weighted by molar-refractivity contribution is -0.138. The Morgan fingerprint density at radius 3 is 2.72 bits per heavy atom. The van der Waals surface area contributed by atoms with Gasteiger partial charge >= 0.3 is 6.18 Å². The third-order valence-electron chi connectivity index (χ3n) is 2.04. The number of hydrogen-bond acceptors (Lipinski definition) is 6. The number of aromatic nitrogens is 2.